The molecule has 2 heterocycles. The molecule has 2 aromatic heterocycles. The van der Waals surface area contributed by atoms with E-state index < -0.39 is 17.4 Å². The number of fused-ring (bicyclic) bond motifs is 1. The first-order valence-corrected chi connectivity index (χ1v) is 12.1. The molecule has 0 atom stereocenters. The van der Waals surface area contributed by atoms with Gasteiger partial charge in [-0.1, -0.05) is 24.3 Å². The van der Waals surface area contributed by atoms with Crippen molar-refractivity contribution in [2.75, 3.05) is 5.73 Å². The first-order chi connectivity index (χ1) is 18.2. The zero-order chi connectivity index (χ0) is 26.9. The Morgan fingerprint density at radius 3 is 2.66 bits per heavy atom. The fourth-order valence-corrected chi connectivity index (χ4v) is 4.05. The second-order valence-electron chi connectivity index (χ2n) is 9.70. The lowest BCUT2D eigenvalue weighted by Crippen LogP contribution is -2.34. The molecule has 1 saturated carbocycles. The summed E-state index contributed by atoms with van der Waals surface area (Å²) >= 11 is 0. The molecule has 4 aromatic rings. The van der Waals surface area contributed by atoms with Crippen LogP contribution in [0.1, 0.15) is 26.7 Å². The molecule has 10 heteroatoms. The number of nitrogens with zero attached hydrogens (tertiary/aromatic N) is 5. The van der Waals surface area contributed by atoms with Crippen molar-refractivity contribution in [3.63, 3.8) is 0 Å². The van der Waals surface area contributed by atoms with Crippen molar-refractivity contribution in [1.29, 1.82) is 5.26 Å². The van der Waals surface area contributed by atoms with Gasteiger partial charge in [-0.15, -0.1) is 0 Å². The summed E-state index contributed by atoms with van der Waals surface area (Å²) in [5, 5.41) is 14.3. The highest BCUT2D eigenvalue weighted by atomic mass is 19.1. The highest BCUT2D eigenvalue weighted by molar-refractivity contribution is 5.98. The van der Waals surface area contributed by atoms with E-state index in [1.807, 2.05) is 24.3 Å². The predicted octanol–water partition coefficient (Wildman–Crippen LogP) is 5.19. The van der Waals surface area contributed by atoms with E-state index in [1.165, 1.54) is 17.1 Å². The second kappa shape index (κ2) is 9.94. The standard InChI is InChI=1S/C28H25FN6O3/c1-28(2,38-27(36)18(14-30)12-17-8-9-17)15-35-26-23(25(31)32-16-33-26)24(34-35)21-11-10-20(13-22(21)29)37-19-6-4-3-5-7-19/h3-7,10-13,16-17H,8-9,15H2,1-2H3,(H2,31,32,33)/b18-12-. The molecule has 0 aliphatic heterocycles. The van der Waals surface area contributed by atoms with Crippen LogP contribution < -0.4 is 10.5 Å². The molecule has 1 aliphatic carbocycles. The zero-order valence-corrected chi connectivity index (χ0v) is 20.9. The van der Waals surface area contributed by atoms with Crippen LogP contribution in [0, 0.1) is 23.1 Å². The van der Waals surface area contributed by atoms with Gasteiger partial charge in [-0.3, -0.25) is 0 Å². The fourth-order valence-electron chi connectivity index (χ4n) is 4.05. The van der Waals surface area contributed by atoms with Gasteiger partial charge in [0.05, 0.1) is 11.9 Å². The average Bonchev–Trinajstić information content (AvgIpc) is 3.63. The number of halogens is 1. The number of aromatic nitrogens is 4. The number of nitriles is 1. The van der Waals surface area contributed by atoms with E-state index in [0.29, 0.717) is 22.5 Å². The van der Waals surface area contributed by atoms with Crippen molar-refractivity contribution in [2.45, 2.75) is 38.8 Å². The van der Waals surface area contributed by atoms with Crippen LogP contribution in [0.5, 0.6) is 11.5 Å². The highest BCUT2D eigenvalue weighted by Gasteiger charge is 2.30. The van der Waals surface area contributed by atoms with E-state index in [-0.39, 0.29) is 35.1 Å². The summed E-state index contributed by atoms with van der Waals surface area (Å²) in [5.74, 6) is 0.0191. The Hall–Kier alpha value is -4.78. The van der Waals surface area contributed by atoms with Gasteiger partial charge in [0.25, 0.3) is 0 Å². The second-order valence-corrected chi connectivity index (χ2v) is 9.70. The van der Waals surface area contributed by atoms with Gasteiger partial charge in [-0.25, -0.2) is 23.8 Å². The average molecular weight is 513 g/mol. The third-order valence-electron chi connectivity index (χ3n) is 6.00. The minimum Gasteiger partial charge on any atom is -0.457 e. The molecule has 0 spiro atoms. The van der Waals surface area contributed by atoms with E-state index in [9.17, 15) is 10.1 Å². The maximum Gasteiger partial charge on any atom is 0.349 e. The van der Waals surface area contributed by atoms with Crippen LogP contribution in [0.25, 0.3) is 22.3 Å². The smallest absolute Gasteiger partial charge is 0.349 e. The minimum atomic E-state index is -1.07. The Morgan fingerprint density at radius 1 is 1.21 bits per heavy atom. The largest absolute Gasteiger partial charge is 0.457 e. The molecule has 2 N–H and O–H groups in total. The number of anilines is 1. The Bertz CT molecular complexity index is 1590. The Labute approximate surface area is 218 Å². The van der Waals surface area contributed by atoms with Gasteiger partial charge in [-0.05, 0) is 56.9 Å². The number of rotatable bonds is 8. The number of hydrogen-bond acceptors (Lipinski definition) is 8. The van der Waals surface area contributed by atoms with Crippen molar-refractivity contribution in [3.05, 3.63) is 72.3 Å². The van der Waals surface area contributed by atoms with Gasteiger partial charge in [0.1, 0.15) is 52.4 Å². The lowest BCUT2D eigenvalue weighted by Gasteiger charge is -2.25. The number of carbonyl (C=O) groups is 1. The Balaban J connectivity index is 1.45. The van der Waals surface area contributed by atoms with Gasteiger partial charge >= 0.3 is 5.97 Å². The van der Waals surface area contributed by atoms with Gasteiger partial charge < -0.3 is 15.2 Å². The summed E-state index contributed by atoms with van der Waals surface area (Å²) in [6.07, 6.45) is 4.86. The fraction of sp³-hybridized carbons (Fsp3) is 0.250. The number of allylic oxidation sites excluding steroid dienone is 1. The molecule has 1 fully saturated rings. The molecular formula is C28H25FN6O3. The van der Waals surface area contributed by atoms with E-state index in [0.717, 1.165) is 12.8 Å². The summed E-state index contributed by atoms with van der Waals surface area (Å²) in [5.41, 5.74) is 5.86. The topological polar surface area (TPSA) is 129 Å². The van der Waals surface area contributed by atoms with E-state index in [2.05, 4.69) is 15.1 Å². The minimum absolute atomic E-state index is 0.0157. The van der Waals surface area contributed by atoms with Crippen molar-refractivity contribution < 1.29 is 18.7 Å². The number of carbonyl (C=O) groups excluding carboxylic acids is 1. The maximum atomic E-state index is 15.3. The number of ether oxygens (including phenoxy) is 2. The van der Waals surface area contributed by atoms with Crippen molar-refractivity contribution in [2.24, 2.45) is 5.92 Å². The normalized spacial score (nSPS) is 13.8. The van der Waals surface area contributed by atoms with Crippen molar-refractivity contribution in [3.8, 4) is 28.8 Å². The summed E-state index contributed by atoms with van der Waals surface area (Å²) < 4.78 is 28.2. The third-order valence-corrected chi connectivity index (χ3v) is 6.00. The highest BCUT2D eigenvalue weighted by Crippen LogP contribution is 2.35. The van der Waals surface area contributed by atoms with Crippen LogP contribution >= 0.6 is 0 Å². The predicted molar refractivity (Wildman–Crippen MR) is 138 cm³/mol. The molecule has 0 unspecified atom stereocenters. The molecule has 0 bridgehead atoms. The number of hydrogen-bond donors (Lipinski definition) is 1. The van der Waals surface area contributed by atoms with Crippen LogP contribution in [0.4, 0.5) is 10.2 Å². The molecule has 1 aliphatic rings. The monoisotopic (exact) mass is 512 g/mol. The van der Waals surface area contributed by atoms with Crippen molar-refractivity contribution in [1.82, 2.24) is 19.7 Å². The van der Waals surface area contributed by atoms with Crippen LogP contribution in [0.2, 0.25) is 0 Å². The van der Waals surface area contributed by atoms with Gasteiger partial charge in [0, 0.05) is 11.6 Å². The lowest BCUT2D eigenvalue weighted by molar-refractivity contribution is -0.152. The van der Waals surface area contributed by atoms with E-state index >= 15 is 4.39 Å². The number of nitrogen functional groups attached to an aromatic ring is 1. The van der Waals surface area contributed by atoms with Gasteiger partial charge in [-0.2, -0.15) is 10.4 Å². The summed E-state index contributed by atoms with van der Waals surface area (Å²) in [6, 6.07) is 15.4. The zero-order valence-electron chi connectivity index (χ0n) is 20.9. The number of benzene rings is 2. The quantitative estimate of drug-likeness (QED) is 0.194. The third kappa shape index (κ3) is 5.32. The molecule has 2 aromatic carbocycles. The van der Waals surface area contributed by atoms with Crippen LogP contribution in [0.15, 0.2) is 66.5 Å². The van der Waals surface area contributed by atoms with Crippen LogP contribution in [-0.4, -0.2) is 31.3 Å². The molecule has 192 valence electrons. The number of esters is 1. The Kier molecular flexibility index (Phi) is 6.51. The molecular weight excluding hydrogens is 487 g/mol. The molecule has 9 nitrogen and oxygen atoms in total. The summed E-state index contributed by atoms with van der Waals surface area (Å²) in [6.45, 7) is 3.47. The molecule has 0 amide bonds. The molecule has 0 saturated heterocycles. The number of para-hydroxylation sites is 1. The SMILES string of the molecule is CC(C)(Cn1nc(-c2ccc(Oc3ccccc3)cc2F)c2c(N)ncnc21)OC(=O)/C(C#N)=C\C1CC1. The van der Waals surface area contributed by atoms with Gasteiger partial charge in [0.2, 0.25) is 0 Å². The lowest BCUT2D eigenvalue weighted by atomic mass is 10.1. The van der Waals surface area contributed by atoms with E-state index in [1.54, 1.807) is 44.2 Å². The molecule has 5 rings (SSSR count). The van der Waals surface area contributed by atoms with Crippen LogP contribution in [0.3, 0.4) is 0 Å². The van der Waals surface area contributed by atoms with Crippen LogP contribution in [-0.2, 0) is 16.1 Å². The summed E-state index contributed by atoms with van der Waals surface area (Å²) in [7, 11) is 0. The maximum absolute atomic E-state index is 15.3. The van der Waals surface area contributed by atoms with Crippen molar-refractivity contribution >= 4 is 22.8 Å². The van der Waals surface area contributed by atoms with E-state index in [4.69, 9.17) is 15.2 Å². The van der Waals surface area contributed by atoms with Gasteiger partial charge in [0.15, 0.2) is 5.65 Å². The Morgan fingerprint density at radius 2 is 1.97 bits per heavy atom. The first-order valence-electron chi connectivity index (χ1n) is 12.1. The number of nitrogens with two attached hydrogens (primary N) is 1. The molecule has 38 heavy (non-hydrogen) atoms. The first kappa shape index (κ1) is 24.9. The summed E-state index contributed by atoms with van der Waals surface area (Å²) in [4.78, 5) is 21.0. The molecule has 0 radical (unpaired) electrons.